The van der Waals surface area contributed by atoms with Gasteiger partial charge in [0.1, 0.15) is 6.10 Å². The Morgan fingerprint density at radius 1 is 1.06 bits per heavy atom. The normalized spacial score (nSPS) is 9.28. The number of nitro groups is 1. The fraction of sp³-hybridized carbons (Fsp3) is 0.571. The van der Waals surface area contributed by atoms with Gasteiger partial charge in [-0.3, -0.25) is 10.1 Å². The minimum Gasteiger partial charge on any atom is -0.382 e. The Balaban J connectivity index is -0.000000328. The lowest BCUT2D eigenvalue weighted by atomic mass is 10.1. The maximum absolute atomic E-state index is 10.0. The Labute approximate surface area is 111 Å². The third kappa shape index (κ3) is 12.6. The quantitative estimate of drug-likeness (QED) is 0.655. The molecule has 1 aromatic rings. The van der Waals surface area contributed by atoms with Gasteiger partial charge in [0.25, 0.3) is 0 Å². The van der Waals surface area contributed by atoms with E-state index < -0.39 is 17.6 Å². The van der Waals surface area contributed by atoms with Crippen molar-refractivity contribution in [1.82, 2.24) is 0 Å². The van der Waals surface area contributed by atoms with Gasteiger partial charge < -0.3 is 5.11 Å². The average Bonchev–Trinajstić information content (AvgIpc) is 2.46. The molecule has 0 fully saturated rings. The summed E-state index contributed by atoms with van der Waals surface area (Å²) in [5, 5.41) is 19.3. The predicted octanol–water partition coefficient (Wildman–Crippen LogP) is 4.08. The summed E-state index contributed by atoms with van der Waals surface area (Å²) in [7, 11) is 0. The van der Waals surface area contributed by atoms with Crippen molar-refractivity contribution in [1.29, 1.82) is 0 Å². The molecule has 0 saturated heterocycles. The van der Waals surface area contributed by atoms with Gasteiger partial charge in [0.15, 0.2) is 0 Å². The highest BCUT2D eigenvalue weighted by Gasteiger charge is 2.12. The van der Waals surface area contributed by atoms with E-state index in [9.17, 15) is 15.2 Å². The molecule has 0 aliphatic heterocycles. The first-order valence-electron chi connectivity index (χ1n) is 6.55. The van der Waals surface area contributed by atoms with Crippen LogP contribution in [0.3, 0.4) is 0 Å². The number of benzene rings is 1. The molecule has 0 aliphatic rings. The second kappa shape index (κ2) is 18.0. The van der Waals surface area contributed by atoms with Gasteiger partial charge in [0, 0.05) is 4.92 Å². The van der Waals surface area contributed by atoms with Crippen molar-refractivity contribution < 1.29 is 10.0 Å². The maximum atomic E-state index is 10.0. The van der Waals surface area contributed by atoms with E-state index in [2.05, 4.69) is 0 Å². The average molecular weight is 257 g/mol. The molecule has 1 N–H and O–H groups in total. The molecule has 1 unspecified atom stereocenters. The minimum atomic E-state index is -0.999. The van der Waals surface area contributed by atoms with Gasteiger partial charge in [0.2, 0.25) is 6.54 Å². The second-order valence-electron chi connectivity index (χ2n) is 2.44. The highest BCUT2D eigenvalue weighted by molar-refractivity contribution is 5.17. The highest BCUT2D eigenvalue weighted by atomic mass is 16.6. The standard InChI is InChI=1S/C8H9NO3.3C2H6/c10-8(6-9(11)12)7-4-2-1-3-5-7;3*1-2/h1-5,8,10H,6H2;3*1-2H3. The van der Waals surface area contributed by atoms with Gasteiger partial charge in [-0.25, -0.2) is 0 Å². The molecule has 0 aliphatic carbocycles. The van der Waals surface area contributed by atoms with Gasteiger partial charge >= 0.3 is 0 Å². The number of aliphatic hydroxyl groups excluding tert-OH is 1. The maximum Gasteiger partial charge on any atom is 0.233 e. The summed E-state index contributed by atoms with van der Waals surface area (Å²) in [5.41, 5.74) is 0.578. The fourth-order valence-electron chi connectivity index (χ4n) is 0.922. The first-order chi connectivity index (χ1) is 8.70. The summed E-state index contributed by atoms with van der Waals surface area (Å²) in [6.45, 7) is 11.6. The van der Waals surface area contributed by atoms with Crippen molar-refractivity contribution >= 4 is 0 Å². The number of aliphatic hydroxyl groups is 1. The van der Waals surface area contributed by atoms with Crippen LogP contribution < -0.4 is 0 Å². The molecule has 0 radical (unpaired) electrons. The van der Waals surface area contributed by atoms with Crippen LogP contribution in [0.15, 0.2) is 30.3 Å². The molecule has 106 valence electrons. The zero-order valence-corrected chi connectivity index (χ0v) is 12.4. The van der Waals surface area contributed by atoms with E-state index in [0.717, 1.165) is 0 Å². The summed E-state index contributed by atoms with van der Waals surface area (Å²) in [6.07, 6.45) is -0.999. The molecule has 0 amide bonds. The van der Waals surface area contributed by atoms with Crippen LogP contribution >= 0.6 is 0 Å². The summed E-state index contributed by atoms with van der Waals surface area (Å²) in [6, 6.07) is 8.59. The van der Waals surface area contributed by atoms with E-state index in [1.54, 1.807) is 30.3 Å². The topological polar surface area (TPSA) is 63.4 Å². The Morgan fingerprint density at radius 3 is 1.78 bits per heavy atom. The molecule has 4 nitrogen and oxygen atoms in total. The van der Waals surface area contributed by atoms with Gasteiger partial charge in [-0.15, -0.1) is 0 Å². The van der Waals surface area contributed by atoms with Crippen LogP contribution in [-0.4, -0.2) is 16.6 Å². The SMILES string of the molecule is CC.CC.CC.O=[N+]([O-])CC(O)c1ccccc1. The van der Waals surface area contributed by atoms with E-state index in [0.29, 0.717) is 5.56 Å². The predicted molar refractivity (Wildman–Crippen MR) is 77.3 cm³/mol. The molecule has 1 rings (SSSR count). The van der Waals surface area contributed by atoms with Crippen LogP contribution in [0.4, 0.5) is 0 Å². The monoisotopic (exact) mass is 257 g/mol. The van der Waals surface area contributed by atoms with Crippen LogP contribution in [0.25, 0.3) is 0 Å². The first kappa shape index (κ1) is 21.8. The zero-order chi connectivity index (χ0) is 15.0. The molecule has 0 saturated carbocycles. The highest BCUT2D eigenvalue weighted by Crippen LogP contribution is 2.11. The lowest BCUT2D eigenvalue weighted by Gasteiger charge is -2.04. The van der Waals surface area contributed by atoms with Crippen molar-refractivity contribution in [3.63, 3.8) is 0 Å². The summed E-state index contributed by atoms with van der Waals surface area (Å²) in [5.74, 6) is 0. The molecule has 0 spiro atoms. The number of rotatable bonds is 3. The van der Waals surface area contributed by atoms with Crippen molar-refractivity contribution in [3.05, 3.63) is 46.0 Å². The molecular formula is C14H27NO3. The van der Waals surface area contributed by atoms with E-state index in [4.69, 9.17) is 0 Å². The molecule has 4 heteroatoms. The minimum absolute atomic E-state index is 0.440. The molecular weight excluding hydrogens is 230 g/mol. The zero-order valence-electron chi connectivity index (χ0n) is 12.4. The summed E-state index contributed by atoms with van der Waals surface area (Å²) < 4.78 is 0. The molecule has 1 aromatic carbocycles. The molecule has 1 atom stereocenters. The Morgan fingerprint density at radius 2 is 1.44 bits per heavy atom. The molecule has 18 heavy (non-hydrogen) atoms. The van der Waals surface area contributed by atoms with Crippen LogP contribution in [0.2, 0.25) is 0 Å². The van der Waals surface area contributed by atoms with Gasteiger partial charge in [0.05, 0.1) is 0 Å². The fourth-order valence-corrected chi connectivity index (χ4v) is 0.922. The van der Waals surface area contributed by atoms with E-state index >= 15 is 0 Å². The second-order valence-corrected chi connectivity index (χ2v) is 2.44. The Hall–Kier alpha value is -1.42. The summed E-state index contributed by atoms with van der Waals surface area (Å²) >= 11 is 0. The van der Waals surface area contributed by atoms with Crippen molar-refractivity contribution in [3.8, 4) is 0 Å². The number of hydrogen-bond acceptors (Lipinski definition) is 3. The third-order valence-electron chi connectivity index (χ3n) is 1.51. The Bertz CT molecular complexity index is 263. The van der Waals surface area contributed by atoms with E-state index in [1.165, 1.54) is 0 Å². The van der Waals surface area contributed by atoms with Gasteiger partial charge in [-0.2, -0.15) is 0 Å². The smallest absolute Gasteiger partial charge is 0.233 e. The van der Waals surface area contributed by atoms with E-state index in [1.807, 2.05) is 41.5 Å². The summed E-state index contributed by atoms with van der Waals surface area (Å²) in [4.78, 5) is 9.50. The lowest BCUT2D eigenvalue weighted by Crippen LogP contribution is -2.11. The molecule has 0 bridgehead atoms. The van der Waals surface area contributed by atoms with E-state index in [-0.39, 0.29) is 0 Å². The van der Waals surface area contributed by atoms with Crippen LogP contribution in [0.5, 0.6) is 0 Å². The van der Waals surface area contributed by atoms with Crippen LogP contribution in [0, 0.1) is 10.1 Å². The van der Waals surface area contributed by atoms with Crippen molar-refractivity contribution in [2.45, 2.75) is 47.6 Å². The van der Waals surface area contributed by atoms with Gasteiger partial charge in [-0.05, 0) is 5.56 Å². The van der Waals surface area contributed by atoms with Crippen LogP contribution in [0.1, 0.15) is 53.2 Å². The van der Waals surface area contributed by atoms with Crippen LogP contribution in [-0.2, 0) is 0 Å². The number of hydrogen-bond donors (Lipinski definition) is 1. The van der Waals surface area contributed by atoms with Gasteiger partial charge in [-0.1, -0.05) is 71.9 Å². The van der Waals surface area contributed by atoms with Crippen molar-refractivity contribution in [2.24, 2.45) is 0 Å². The number of nitrogens with zero attached hydrogens (tertiary/aromatic N) is 1. The largest absolute Gasteiger partial charge is 0.382 e. The third-order valence-corrected chi connectivity index (χ3v) is 1.51. The van der Waals surface area contributed by atoms with Crippen molar-refractivity contribution in [2.75, 3.05) is 6.54 Å². The Kier molecular flexibility index (Phi) is 21.8. The lowest BCUT2D eigenvalue weighted by molar-refractivity contribution is -0.491. The molecule has 0 aromatic heterocycles. The first-order valence-corrected chi connectivity index (χ1v) is 6.55. The molecule has 0 heterocycles.